The highest BCUT2D eigenvalue weighted by molar-refractivity contribution is 5.98. The van der Waals surface area contributed by atoms with Gasteiger partial charge in [-0.05, 0) is 24.4 Å². The quantitative estimate of drug-likeness (QED) is 0.535. The molecular formula is C12H7F3O. The predicted molar refractivity (Wildman–Crippen MR) is 53.8 cm³/mol. The molecular weight excluding hydrogens is 217 g/mol. The first-order valence-electron chi connectivity index (χ1n) is 4.59. The average Bonchev–Trinajstić information content (AvgIpc) is 2.25. The lowest BCUT2D eigenvalue weighted by molar-refractivity contribution is 0.101. The first-order chi connectivity index (χ1) is 7.50. The number of carbonyl (C=O) groups is 1. The fourth-order valence-electron chi connectivity index (χ4n) is 1.52. The Labute approximate surface area is 89.5 Å². The van der Waals surface area contributed by atoms with Crippen LogP contribution in [0.1, 0.15) is 17.3 Å². The highest BCUT2D eigenvalue weighted by Gasteiger charge is 2.13. The maximum absolute atomic E-state index is 13.3. The summed E-state index contributed by atoms with van der Waals surface area (Å²) >= 11 is 0. The van der Waals surface area contributed by atoms with Crippen molar-refractivity contribution in [1.82, 2.24) is 0 Å². The fraction of sp³-hybridized carbons (Fsp3) is 0.0833. The van der Waals surface area contributed by atoms with E-state index in [2.05, 4.69) is 0 Å². The van der Waals surface area contributed by atoms with Crippen molar-refractivity contribution in [2.75, 3.05) is 0 Å². The number of ketones is 1. The summed E-state index contributed by atoms with van der Waals surface area (Å²) < 4.78 is 39.1. The number of hydrogen-bond acceptors (Lipinski definition) is 1. The fourth-order valence-corrected chi connectivity index (χ4v) is 1.52. The van der Waals surface area contributed by atoms with Crippen molar-refractivity contribution in [3.8, 4) is 0 Å². The molecule has 0 fully saturated rings. The normalized spacial score (nSPS) is 10.8. The molecule has 0 heterocycles. The summed E-state index contributed by atoms with van der Waals surface area (Å²) in [6.07, 6.45) is 0. The molecule has 0 aliphatic heterocycles. The summed E-state index contributed by atoms with van der Waals surface area (Å²) in [5, 5.41) is 0.132. The van der Waals surface area contributed by atoms with Gasteiger partial charge < -0.3 is 0 Å². The van der Waals surface area contributed by atoms with Gasteiger partial charge in [-0.2, -0.15) is 0 Å². The molecule has 0 aliphatic rings. The van der Waals surface area contributed by atoms with Gasteiger partial charge in [0.2, 0.25) is 0 Å². The molecule has 2 rings (SSSR count). The molecule has 0 saturated heterocycles. The molecule has 1 nitrogen and oxygen atoms in total. The molecule has 2 aromatic carbocycles. The molecule has 16 heavy (non-hydrogen) atoms. The van der Waals surface area contributed by atoms with E-state index in [1.807, 2.05) is 0 Å². The molecule has 0 radical (unpaired) electrons. The van der Waals surface area contributed by atoms with Crippen LogP contribution >= 0.6 is 0 Å². The molecule has 0 aliphatic carbocycles. The number of carbonyl (C=O) groups excluding carboxylic acids is 1. The Morgan fingerprint density at radius 2 is 1.75 bits per heavy atom. The summed E-state index contributed by atoms with van der Waals surface area (Å²) in [6, 6.07) is 4.86. The maximum Gasteiger partial charge on any atom is 0.195 e. The molecule has 0 saturated carbocycles. The summed E-state index contributed by atoms with van der Waals surface area (Å²) in [5.41, 5.74) is 0.331. The Hall–Kier alpha value is -1.84. The largest absolute Gasteiger partial charge is 0.295 e. The minimum Gasteiger partial charge on any atom is -0.295 e. The second-order valence-corrected chi connectivity index (χ2v) is 3.48. The van der Waals surface area contributed by atoms with Crippen molar-refractivity contribution in [2.24, 2.45) is 0 Å². The highest BCUT2D eigenvalue weighted by Crippen LogP contribution is 2.24. The van der Waals surface area contributed by atoms with Gasteiger partial charge in [0, 0.05) is 10.9 Å². The second-order valence-electron chi connectivity index (χ2n) is 3.48. The number of Topliss-reactive ketones (excluding diaryl/α,β-unsaturated/α-hetero) is 1. The smallest absolute Gasteiger partial charge is 0.195 e. The van der Waals surface area contributed by atoms with Gasteiger partial charge in [0.25, 0.3) is 0 Å². The molecule has 2 aromatic rings. The highest BCUT2D eigenvalue weighted by atomic mass is 19.2. The van der Waals surface area contributed by atoms with Crippen molar-refractivity contribution < 1.29 is 18.0 Å². The molecule has 0 amide bonds. The van der Waals surface area contributed by atoms with E-state index < -0.39 is 17.5 Å². The number of fused-ring (bicyclic) bond motifs is 1. The van der Waals surface area contributed by atoms with Gasteiger partial charge in [0.1, 0.15) is 0 Å². The summed E-state index contributed by atoms with van der Waals surface area (Å²) in [5.74, 6) is -4.20. The van der Waals surface area contributed by atoms with Crippen LogP contribution in [0.15, 0.2) is 24.3 Å². The van der Waals surface area contributed by atoms with Gasteiger partial charge in [-0.25, -0.2) is 13.2 Å². The van der Waals surface area contributed by atoms with E-state index in [1.54, 1.807) is 0 Å². The summed E-state index contributed by atoms with van der Waals surface area (Å²) in [4.78, 5) is 11.1. The minimum atomic E-state index is -1.50. The van der Waals surface area contributed by atoms with Crippen LogP contribution in [0.3, 0.4) is 0 Å². The number of benzene rings is 2. The number of halogens is 3. The third-order valence-electron chi connectivity index (χ3n) is 2.38. The molecule has 0 spiro atoms. The second kappa shape index (κ2) is 3.63. The van der Waals surface area contributed by atoms with Gasteiger partial charge in [0.05, 0.1) is 0 Å². The van der Waals surface area contributed by atoms with E-state index in [1.165, 1.54) is 25.1 Å². The van der Waals surface area contributed by atoms with Crippen molar-refractivity contribution in [2.45, 2.75) is 6.92 Å². The SMILES string of the molecule is CC(=O)c1ccc2c(F)c(F)c(F)cc2c1. The molecule has 0 atom stereocenters. The van der Waals surface area contributed by atoms with Gasteiger partial charge >= 0.3 is 0 Å². The van der Waals surface area contributed by atoms with Crippen molar-refractivity contribution in [1.29, 1.82) is 0 Å². The summed E-state index contributed by atoms with van der Waals surface area (Å²) in [6.45, 7) is 1.34. The van der Waals surface area contributed by atoms with E-state index in [-0.39, 0.29) is 16.6 Å². The number of rotatable bonds is 1. The zero-order valence-electron chi connectivity index (χ0n) is 8.35. The first kappa shape index (κ1) is 10.7. The van der Waals surface area contributed by atoms with Gasteiger partial charge in [0.15, 0.2) is 23.2 Å². The van der Waals surface area contributed by atoms with Crippen molar-refractivity contribution in [3.05, 3.63) is 47.3 Å². The maximum atomic E-state index is 13.3. The van der Waals surface area contributed by atoms with Crippen molar-refractivity contribution in [3.63, 3.8) is 0 Å². The van der Waals surface area contributed by atoms with Crippen LogP contribution in [-0.4, -0.2) is 5.78 Å². The Bertz CT molecular complexity index is 590. The third-order valence-corrected chi connectivity index (χ3v) is 2.38. The minimum absolute atomic E-state index is 0.0381. The Morgan fingerprint density at radius 3 is 2.38 bits per heavy atom. The van der Waals surface area contributed by atoms with E-state index in [4.69, 9.17) is 0 Å². The zero-order chi connectivity index (χ0) is 11.9. The van der Waals surface area contributed by atoms with Crippen LogP contribution in [0.25, 0.3) is 10.8 Å². The third kappa shape index (κ3) is 1.56. The predicted octanol–water partition coefficient (Wildman–Crippen LogP) is 3.46. The zero-order valence-corrected chi connectivity index (χ0v) is 8.35. The van der Waals surface area contributed by atoms with Crippen LogP contribution in [0.5, 0.6) is 0 Å². The van der Waals surface area contributed by atoms with Crippen LogP contribution < -0.4 is 0 Å². The topological polar surface area (TPSA) is 17.1 Å². The molecule has 0 bridgehead atoms. The lowest BCUT2D eigenvalue weighted by Crippen LogP contribution is -1.95. The first-order valence-corrected chi connectivity index (χ1v) is 4.59. The monoisotopic (exact) mass is 224 g/mol. The molecule has 0 aromatic heterocycles. The lowest BCUT2D eigenvalue weighted by Gasteiger charge is -2.03. The van der Waals surface area contributed by atoms with E-state index in [0.717, 1.165) is 6.07 Å². The van der Waals surface area contributed by atoms with Crippen LogP contribution in [0, 0.1) is 17.5 Å². The van der Waals surface area contributed by atoms with Crippen LogP contribution in [0.2, 0.25) is 0 Å². The summed E-state index contributed by atoms with van der Waals surface area (Å²) in [7, 11) is 0. The molecule has 82 valence electrons. The van der Waals surface area contributed by atoms with E-state index >= 15 is 0 Å². The Kier molecular flexibility index (Phi) is 2.42. The molecule has 0 unspecified atom stereocenters. The average molecular weight is 224 g/mol. The van der Waals surface area contributed by atoms with E-state index in [9.17, 15) is 18.0 Å². The van der Waals surface area contributed by atoms with E-state index in [0.29, 0.717) is 5.56 Å². The number of hydrogen-bond donors (Lipinski definition) is 0. The molecule has 0 N–H and O–H groups in total. The van der Waals surface area contributed by atoms with Gasteiger partial charge in [-0.1, -0.05) is 12.1 Å². The van der Waals surface area contributed by atoms with Crippen LogP contribution in [0.4, 0.5) is 13.2 Å². The molecule has 4 heteroatoms. The van der Waals surface area contributed by atoms with Crippen molar-refractivity contribution >= 4 is 16.6 Å². The van der Waals surface area contributed by atoms with Gasteiger partial charge in [-0.3, -0.25) is 4.79 Å². The Morgan fingerprint density at radius 1 is 1.06 bits per heavy atom. The standard InChI is InChI=1S/C12H7F3O/c1-6(16)7-2-3-9-8(4-7)5-10(13)12(15)11(9)14/h2-5H,1H3. The van der Waals surface area contributed by atoms with Crippen LogP contribution in [-0.2, 0) is 0 Å². The lowest BCUT2D eigenvalue weighted by atomic mass is 10.0. The van der Waals surface area contributed by atoms with Gasteiger partial charge in [-0.15, -0.1) is 0 Å². The Balaban J connectivity index is 2.81.